The number of benzene rings is 2. The number of hydrogen-bond acceptors (Lipinski definition) is 4. The van der Waals surface area contributed by atoms with E-state index >= 15 is 0 Å². The number of carbonyl (C=O) groups is 2. The first-order valence-corrected chi connectivity index (χ1v) is 12.1. The number of rotatable bonds is 5. The summed E-state index contributed by atoms with van der Waals surface area (Å²) in [6.07, 6.45) is 7.55. The van der Waals surface area contributed by atoms with Crippen LogP contribution in [0.4, 0.5) is 5.69 Å². The van der Waals surface area contributed by atoms with Gasteiger partial charge in [0.2, 0.25) is 0 Å². The van der Waals surface area contributed by atoms with Crippen LogP contribution >= 0.6 is 0 Å². The Kier molecular flexibility index (Phi) is 6.57. The standard InChI is InChI=1S/C28H29N5O2/c1-32-16-13-26(31-32)27(34)30-25-9-3-2-8-23(25)28(35)33-15-5-6-20(12-17-33)18-21-10-11-24-22(19-21)7-4-14-29-24/h2-4,7-11,13-14,16,19-20H,5-6,12,15,17-18H2,1H3,(H,30,34)/t20-/m0/s1. The first kappa shape index (κ1) is 22.8. The van der Waals surface area contributed by atoms with Crippen LogP contribution in [0.25, 0.3) is 10.9 Å². The Morgan fingerprint density at radius 3 is 2.77 bits per heavy atom. The monoisotopic (exact) mass is 467 g/mol. The van der Waals surface area contributed by atoms with Crippen LogP contribution < -0.4 is 5.32 Å². The molecule has 1 aliphatic rings. The van der Waals surface area contributed by atoms with E-state index in [2.05, 4.69) is 39.7 Å². The van der Waals surface area contributed by atoms with E-state index in [4.69, 9.17) is 0 Å². The number of aryl methyl sites for hydroxylation is 1. The largest absolute Gasteiger partial charge is 0.339 e. The lowest BCUT2D eigenvalue weighted by atomic mass is 9.92. The fraction of sp³-hybridized carbons (Fsp3) is 0.286. The van der Waals surface area contributed by atoms with Gasteiger partial charge in [-0.1, -0.05) is 24.3 Å². The summed E-state index contributed by atoms with van der Waals surface area (Å²) in [5, 5.41) is 8.18. The summed E-state index contributed by atoms with van der Waals surface area (Å²) >= 11 is 0. The smallest absolute Gasteiger partial charge is 0.276 e. The summed E-state index contributed by atoms with van der Waals surface area (Å²) < 4.78 is 1.58. The average molecular weight is 468 g/mol. The van der Waals surface area contributed by atoms with Crippen LogP contribution in [0.5, 0.6) is 0 Å². The number of likely N-dealkylation sites (tertiary alicyclic amines) is 1. The van der Waals surface area contributed by atoms with Crippen molar-refractivity contribution in [2.45, 2.75) is 25.7 Å². The average Bonchev–Trinajstić information content (AvgIpc) is 3.18. The third-order valence-electron chi connectivity index (χ3n) is 6.68. The van der Waals surface area contributed by atoms with Crippen LogP contribution in [0, 0.1) is 5.92 Å². The molecule has 1 fully saturated rings. The van der Waals surface area contributed by atoms with E-state index in [1.807, 2.05) is 29.3 Å². The minimum Gasteiger partial charge on any atom is -0.339 e. The molecule has 4 aromatic rings. The molecule has 3 heterocycles. The fourth-order valence-corrected chi connectivity index (χ4v) is 4.83. The molecule has 2 aromatic carbocycles. The maximum atomic E-state index is 13.5. The van der Waals surface area contributed by atoms with Gasteiger partial charge in [0, 0.05) is 37.9 Å². The van der Waals surface area contributed by atoms with Gasteiger partial charge in [-0.2, -0.15) is 5.10 Å². The number of carbonyl (C=O) groups excluding carboxylic acids is 2. The quantitative estimate of drug-likeness (QED) is 0.461. The zero-order valence-corrected chi connectivity index (χ0v) is 19.9. The normalized spacial score (nSPS) is 16.1. The van der Waals surface area contributed by atoms with E-state index in [0.29, 0.717) is 29.4 Å². The van der Waals surface area contributed by atoms with Crippen molar-refractivity contribution in [3.8, 4) is 0 Å². The number of nitrogens with zero attached hydrogens (tertiary/aromatic N) is 4. The van der Waals surface area contributed by atoms with Crippen molar-refractivity contribution in [3.05, 3.63) is 89.9 Å². The number of amides is 2. The van der Waals surface area contributed by atoms with Crippen molar-refractivity contribution in [3.63, 3.8) is 0 Å². The molecule has 1 aliphatic heterocycles. The highest BCUT2D eigenvalue weighted by Crippen LogP contribution is 2.26. The minimum absolute atomic E-state index is 0.0423. The number of nitrogens with one attached hydrogen (secondary N) is 1. The summed E-state index contributed by atoms with van der Waals surface area (Å²) in [5.41, 5.74) is 3.67. The molecule has 1 N–H and O–H groups in total. The molecule has 5 rings (SSSR count). The van der Waals surface area contributed by atoms with Crippen LogP contribution in [-0.2, 0) is 13.5 Å². The zero-order valence-electron chi connectivity index (χ0n) is 19.9. The zero-order chi connectivity index (χ0) is 24.2. The highest BCUT2D eigenvalue weighted by Gasteiger charge is 2.24. The van der Waals surface area contributed by atoms with Gasteiger partial charge >= 0.3 is 0 Å². The lowest BCUT2D eigenvalue weighted by Gasteiger charge is -2.22. The molecule has 0 radical (unpaired) electrons. The summed E-state index contributed by atoms with van der Waals surface area (Å²) in [5.74, 6) is 0.160. The van der Waals surface area contributed by atoms with Crippen molar-refractivity contribution >= 4 is 28.4 Å². The van der Waals surface area contributed by atoms with Gasteiger partial charge in [0.1, 0.15) is 0 Å². The van der Waals surface area contributed by atoms with Crippen molar-refractivity contribution in [2.75, 3.05) is 18.4 Å². The Morgan fingerprint density at radius 1 is 1.03 bits per heavy atom. The molecule has 0 spiro atoms. The Hall–Kier alpha value is -4.00. The second kappa shape index (κ2) is 10.1. The molecule has 0 saturated carbocycles. The van der Waals surface area contributed by atoms with Crippen molar-refractivity contribution in [1.29, 1.82) is 0 Å². The first-order chi connectivity index (χ1) is 17.1. The Bertz CT molecular complexity index is 1360. The van der Waals surface area contributed by atoms with Crippen LogP contribution in [-0.4, -0.2) is 44.6 Å². The number of pyridine rings is 1. The molecule has 178 valence electrons. The molecular formula is C28H29N5O2. The maximum absolute atomic E-state index is 13.5. The Balaban J connectivity index is 1.25. The summed E-state index contributed by atoms with van der Waals surface area (Å²) in [6, 6.07) is 19.4. The van der Waals surface area contributed by atoms with E-state index in [1.165, 1.54) is 10.9 Å². The molecule has 2 aromatic heterocycles. The molecule has 1 atom stereocenters. The van der Waals surface area contributed by atoms with Gasteiger partial charge in [0.05, 0.1) is 16.8 Å². The van der Waals surface area contributed by atoms with E-state index in [-0.39, 0.29) is 11.8 Å². The predicted octanol–water partition coefficient (Wildman–Crippen LogP) is 4.71. The summed E-state index contributed by atoms with van der Waals surface area (Å²) in [6.45, 7) is 1.43. The van der Waals surface area contributed by atoms with Gasteiger partial charge in [-0.15, -0.1) is 0 Å². The van der Waals surface area contributed by atoms with Crippen LogP contribution in [0.15, 0.2) is 73.1 Å². The Labute approximate surface area is 204 Å². The summed E-state index contributed by atoms with van der Waals surface area (Å²) in [7, 11) is 1.76. The second-order valence-electron chi connectivity index (χ2n) is 9.20. The molecular weight excluding hydrogens is 438 g/mol. The van der Waals surface area contributed by atoms with Crippen molar-refractivity contribution in [1.82, 2.24) is 19.7 Å². The second-order valence-corrected chi connectivity index (χ2v) is 9.20. The van der Waals surface area contributed by atoms with Gasteiger partial charge in [-0.05, 0) is 73.6 Å². The van der Waals surface area contributed by atoms with Crippen molar-refractivity contribution < 1.29 is 9.59 Å². The van der Waals surface area contributed by atoms with Gasteiger partial charge in [-0.25, -0.2) is 0 Å². The number of hydrogen-bond donors (Lipinski definition) is 1. The van der Waals surface area contributed by atoms with Crippen LogP contribution in [0.2, 0.25) is 0 Å². The van der Waals surface area contributed by atoms with E-state index in [1.54, 1.807) is 36.1 Å². The van der Waals surface area contributed by atoms with E-state index in [9.17, 15) is 9.59 Å². The molecule has 2 amide bonds. The Morgan fingerprint density at radius 2 is 1.91 bits per heavy atom. The molecule has 0 unspecified atom stereocenters. The number of para-hydroxylation sites is 1. The van der Waals surface area contributed by atoms with Crippen molar-refractivity contribution in [2.24, 2.45) is 13.0 Å². The number of anilines is 1. The van der Waals surface area contributed by atoms with Crippen LogP contribution in [0.1, 0.15) is 45.7 Å². The number of aromatic nitrogens is 3. The van der Waals surface area contributed by atoms with Gasteiger partial charge < -0.3 is 10.2 Å². The first-order valence-electron chi connectivity index (χ1n) is 12.1. The third-order valence-corrected chi connectivity index (χ3v) is 6.68. The molecule has 0 aliphatic carbocycles. The molecule has 7 nitrogen and oxygen atoms in total. The SMILES string of the molecule is Cn1ccc(C(=O)Nc2ccccc2C(=O)N2CCC[C@H](Cc3ccc4ncccc4c3)CC2)n1. The lowest BCUT2D eigenvalue weighted by Crippen LogP contribution is -2.33. The molecule has 35 heavy (non-hydrogen) atoms. The van der Waals surface area contributed by atoms with E-state index in [0.717, 1.165) is 37.7 Å². The van der Waals surface area contributed by atoms with Gasteiger partial charge in [0.15, 0.2) is 5.69 Å². The molecule has 1 saturated heterocycles. The van der Waals surface area contributed by atoms with Crippen LogP contribution in [0.3, 0.4) is 0 Å². The molecule has 0 bridgehead atoms. The third kappa shape index (κ3) is 5.24. The maximum Gasteiger partial charge on any atom is 0.276 e. The minimum atomic E-state index is -0.327. The molecule has 7 heteroatoms. The lowest BCUT2D eigenvalue weighted by molar-refractivity contribution is 0.0761. The fourth-order valence-electron chi connectivity index (χ4n) is 4.83. The summed E-state index contributed by atoms with van der Waals surface area (Å²) in [4.78, 5) is 32.4. The van der Waals surface area contributed by atoms with Gasteiger partial charge in [0.25, 0.3) is 11.8 Å². The topological polar surface area (TPSA) is 80.1 Å². The van der Waals surface area contributed by atoms with Gasteiger partial charge in [-0.3, -0.25) is 19.3 Å². The van der Waals surface area contributed by atoms with E-state index < -0.39 is 0 Å². The highest BCUT2D eigenvalue weighted by molar-refractivity contribution is 6.08. The number of fused-ring (bicyclic) bond motifs is 1. The highest BCUT2D eigenvalue weighted by atomic mass is 16.2. The predicted molar refractivity (Wildman–Crippen MR) is 136 cm³/mol.